The molecule has 1 aromatic carbocycles. The number of anilines is 1. The maximum absolute atomic E-state index is 12.2. The lowest BCUT2D eigenvalue weighted by atomic mass is 10.1. The minimum Gasteiger partial charge on any atom is -0.379 e. The number of aryl methyl sites for hydroxylation is 1. The van der Waals surface area contributed by atoms with E-state index >= 15 is 0 Å². The van der Waals surface area contributed by atoms with Gasteiger partial charge in [-0.3, -0.25) is 19.6 Å². The number of amides is 1. The number of carbonyl (C=O) groups excluding carboxylic acids is 1. The van der Waals surface area contributed by atoms with Crippen LogP contribution in [0.25, 0.3) is 0 Å². The predicted molar refractivity (Wildman–Crippen MR) is 107 cm³/mol. The van der Waals surface area contributed by atoms with E-state index in [0.717, 1.165) is 31.5 Å². The second-order valence-electron chi connectivity index (χ2n) is 7.00. The van der Waals surface area contributed by atoms with E-state index in [4.69, 9.17) is 0 Å². The molecule has 1 fully saturated rings. The molecule has 0 bridgehead atoms. The zero-order chi connectivity index (χ0) is 19.9. The number of piperidine rings is 1. The summed E-state index contributed by atoms with van der Waals surface area (Å²) in [7, 11) is 0. The molecule has 9 nitrogen and oxygen atoms in total. The fraction of sp³-hybridized carbons (Fsp3) is 0.474. The average Bonchev–Trinajstić information content (AvgIpc) is 3.19. The minimum absolute atomic E-state index is 0.0618. The Balaban J connectivity index is 1.43. The smallest absolute Gasteiger partial charge is 0.292 e. The first-order valence-corrected chi connectivity index (χ1v) is 9.57. The van der Waals surface area contributed by atoms with Crippen LogP contribution in [-0.4, -0.2) is 46.8 Å². The molecule has 1 unspecified atom stereocenters. The van der Waals surface area contributed by atoms with Gasteiger partial charge in [0.2, 0.25) is 0 Å². The van der Waals surface area contributed by atoms with Crippen LogP contribution in [0.2, 0.25) is 0 Å². The van der Waals surface area contributed by atoms with Crippen molar-refractivity contribution in [1.82, 2.24) is 20.4 Å². The van der Waals surface area contributed by atoms with Gasteiger partial charge >= 0.3 is 0 Å². The van der Waals surface area contributed by atoms with Gasteiger partial charge in [-0.1, -0.05) is 6.07 Å². The van der Waals surface area contributed by atoms with Crippen LogP contribution in [0.1, 0.15) is 41.4 Å². The van der Waals surface area contributed by atoms with Gasteiger partial charge in [-0.05, 0) is 50.4 Å². The third-order valence-electron chi connectivity index (χ3n) is 4.79. The van der Waals surface area contributed by atoms with Crippen molar-refractivity contribution in [3.05, 3.63) is 51.8 Å². The highest BCUT2D eigenvalue weighted by atomic mass is 16.6. The molecule has 1 aromatic heterocycles. The summed E-state index contributed by atoms with van der Waals surface area (Å²) in [6.45, 7) is 4.71. The largest absolute Gasteiger partial charge is 0.379 e. The number of rotatable bonds is 8. The van der Waals surface area contributed by atoms with Crippen molar-refractivity contribution in [2.45, 2.75) is 32.2 Å². The SMILES string of the molecule is Cc1ccc(NCCCNC(=O)c2ccn(C3CCCNC3)n2)c([N+](=O)[O-])c1. The molecule has 150 valence electrons. The molecule has 3 N–H and O–H groups in total. The van der Waals surface area contributed by atoms with Crippen molar-refractivity contribution < 1.29 is 9.72 Å². The van der Waals surface area contributed by atoms with Crippen molar-refractivity contribution in [2.24, 2.45) is 0 Å². The average molecular weight is 386 g/mol. The molecule has 9 heteroatoms. The maximum atomic E-state index is 12.2. The molecule has 1 saturated heterocycles. The van der Waals surface area contributed by atoms with Crippen LogP contribution in [-0.2, 0) is 0 Å². The molecule has 1 amide bonds. The Morgan fingerprint density at radius 1 is 1.39 bits per heavy atom. The maximum Gasteiger partial charge on any atom is 0.292 e. The highest BCUT2D eigenvalue weighted by Crippen LogP contribution is 2.25. The first-order valence-electron chi connectivity index (χ1n) is 9.57. The summed E-state index contributed by atoms with van der Waals surface area (Å²) in [5.41, 5.74) is 1.80. The van der Waals surface area contributed by atoms with Gasteiger partial charge in [0, 0.05) is 31.9 Å². The van der Waals surface area contributed by atoms with E-state index in [2.05, 4.69) is 21.0 Å². The highest BCUT2D eigenvalue weighted by Gasteiger charge is 2.17. The first-order chi connectivity index (χ1) is 13.5. The van der Waals surface area contributed by atoms with Crippen molar-refractivity contribution in [2.75, 3.05) is 31.5 Å². The van der Waals surface area contributed by atoms with Crippen LogP contribution in [0, 0.1) is 17.0 Å². The molecule has 0 spiro atoms. The summed E-state index contributed by atoms with van der Waals surface area (Å²) >= 11 is 0. The van der Waals surface area contributed by atoms with E-state index in [9.17, 15) is 14.9 Å². The van der Waals surface area contributed by atoms with Crippen LogP contribution in [0.5, 0.6) is 0 Å². The Morgan fingerprint density at radius 2 is 2.25 bits per heavy atom. The van der Waals surface area contributed by atoms with Crippen LogP contribution in [0.3, 0.4) is 0 Å². The monoisotopic (exact) mass is 386 g/mol. The summed E-state index contributed by atoms with van der Waals surface area (Å²) in [6, 6.07) is 7.11. The normalized spacial score (nSPS) is 16.5. The summed E-state index contributed by atoms with van der Waals surface area (Å²) in [5.74, 6) is -0.205. The Bertz CT molecular complexity index is 829. The molecule has 1 aliphatic heterocycles. The second-order valence-corrected chi connectivity index (χ2v) is 7.00. The molecular weight excluding hydrogens is 360 g/mol. The van der Waals surface area contributed by atoms with Gasteiger partial charge in [0.25, 0.3) is 11.6 Å². The lowest BCUT2D eigenvalue weighted by Gasteiger charge is -2.22. The van der Waals surface area contributed by atoms with Crippen LogP contribution in [0.4, 0.5) is 11.4 Å². The zero-order valence-corrected chi connectivity index (χ0v) is 16.0. The standard InChI is InChI=1S/C19H26N6O3/c1-14-5-6-16(18(12-14)25(27)28)21-9-3-10-22-19(26)17-7-11-24(23-17)15-4-2-8-20-13-15/h5-7,11-12,15,20-21H,2-4,8-10,13H2,1H3,(H,22,26). The molecule has 0 saturated carbocycles. The molecule has 2 aromatic rings. The summed E-state index contributed by atoms with van der Waals surface area (Å²) in [5, 5.41) is 24.8. The molecule has 2 heterocycles. The molecular formula is C19H26N6O3. The Labute approximate surface area is 163 Å². The Kier molecular flexibility index (Phi) is 6.59. The molecule has 28 heavy (non-hydrogen) atoms. The lowest BCUT2D eigenvalue weighted by Crippen LogP contribution is -2.32. The third kappa shape index (κ3) is 5.07. The number of benzene rings is 1. The molecule has 1 atom stereocenters. The van der Waals surface area contributed by atoms with Gasteiger partial charge < -0.3 is 16.0 Å². The Hall–Kier alpha value is -2.94. The number of hydrogen-bond acceptors (Lipinski definition) is 6. The Morgan fingerprint density at radius 3 is 3.00 bits per heavy atom. The molecule has 0 aliphatic carbocycles. The topological polar surface area (TPSA) is 114 Å². The summed E-state index contributed by atoms with van der Waals surface area (Å²) < 4.78 is 1.86. The van der Waals surface area contributed by atoms with Gasteiger partial charge in [-0.2, -0.15) is 5.10 Å². The number of aromatic nitrogens is 2. The zero-order valence-electron chi connectivity index (χ0n) is 16.0. The number of nitrogens with one attached hydrogen (secondary N) is 3. The highest BCUT2D eigenvalue weighted by molar-refractivity contribution is 5.92. The number of nitrogens with zero attached hydrogens (tertiary/aromatic N) is 3. The third-order valence-corrected chi connectivity index (χ3v) is 4.79. The van der Waals surface area contributed by atoms with Crippen molar-refractivity contribution in [1.29, 1.82) is 0 Å². The lowest BCUT2D eigenvalue weighted by molar-refractivity contribution is -0.384. The number of hydrogen-bond donors (Lipinski definition) is 3. The van der Waals surface area contributed by atoms with Gasteiger partial charge in [0.05, 0.1) is 11.0 Å². The van der Waals surface area contributed by atoms with E-state index in [1.165, 1.54) is 0 Å². The predicted octanol–water partition coefficient (Wildman–Crippen LogP) is 2.26. The molecule has 1 aliphatic rings. The minimum atomic E-state index is -0.394. The summed E-state index contributed by atoms with van der Waals surface area (Å²) in [4.78, 5) is 23.0. The van der Waals surface area contributed by atoms with Crippen molar-refractivity contribution in [3.8, 4) is 0 Å². The molecule has 3 rings (SSSR count). The van der Waals surface area contributed by atoms with Crippen LogP contribution < -0.4 is 16.0 Å². The number of carbonyl (C=O) groups is 1. The van der Waals surface area contributed by atoms with Crippen LogP contribution >= 0.6 is 0 Å². The van der Waals surface area contributed by atoms with Crippen molar-refractivity contribution >= 4 is 17.3 Å². The van der Waals surface area contributed by atoms with Gasteiger partial charge in [-0.25, -0.2) is 0 Å². The quantitative estimate of drug-likeness (QED) is 0.364. The van der Waals surface area contributed by atoms with E-state index < -0.39 is 4.92 Å². The van der Waals surface area contributed by atoms with E-state index in [1.54, 1.807) is 18.2 Å². The van der Waals surface area contributed by atoms with E-state index in [1.807, 2.05) is 23.9 Å². The van der Waals surface area contributed by atoms with E-state index in [-0.39, 0.29) is 11.6 Å². The number of nitro benzene ring substituents is 1. The van der Waals surface area contributed by atoms with Gasteiger partial charge in [-0.15, -0.1) is 0 Å². The fourth-order valence-corrected chi connectivity index (χ4v) is 3.27. The molecule has 0 radical (unpaired) electrons. The van der Waals surface area contributed by atoms with Gasteiger partial charge in [0.1, 0.15) is 11.4 Å². The van der Waals surface area contributed by atoms with Gasteiger partial charge in [0.15, 0.2) is 0 Å². The van der Waals surface area contributed by atoms with Crippen molar-refractivity contribution in [3.63, 3.8) is 0 Å². The fourth-order valence-electron chi connectivity index (χ4n) is 3.27. The van der Waals surface area contributed by atoms with E-state index in [0.29, 0.717) is 36.9 Å². The first kappa shape index (κ1) is 19.8. The number of nitro groups is 1. The second kappa shape index (κ2) is 9.32. The summed E-state index contributed by atoms with van der Waals surface area (Å²) in [6.07, 6.45) is 4.67. The van der Waals surface area contributed by atoms with Crippen LogP contribution in [0.15, 0.2) is 30.5 Å².